The summed E-state index contributed by atoms with van der Waals surface area (Å²) < 4.78 is 5.58. The Balaban J connectivity index is 1.28. The summed E-state index contributed by atoms with van der Waals surface area (Å²) in [4.78, 5) is 34.0. The third kappa shape index (κ3) is 5.98. The minimum atomic E-state index is -0.793. The van der Waals surface area contributed by atoms with Gasteiger partial charge in [0.1, 0.15) is 0 Å². The van der Waals surface area contributed by atoms with Crippen molar-refractivity contribution in [3.05, 3.63) is 35.9 Å². The number of carbonyl (C=O) groups is 2. The van der Waals surface area contributed by atoms with Crippen LogP contribution in [0.1, 0.15) is 12.0 Å². The summed E-state index contributed by atoms with van der Waals surface area (Å²) in [7, 11) is 1.76. The van der Waals surface area contributed by atoms with Gasteiger partial charge >= 0.3 is 12.1 Å². The molecule has 3 saturated heterocycles. The molecule has 176 valence electrons. The van der Waals surface area contributed by atoms with Crippen molar-refractivity contribution in [2.45, 2.75) is 25.2 Å². The van der Waals surface area contributed by atoms with E-state index in [-0.39, 0.29) is 24.9 Å². The molecular weight excluding hydrogens is 410 g/mol. The van der Waals surface area contributed by atoms with E-state index in [1.807, 2.05) is 4.90 Å². The summed E-state index contributed by atoms with van der Waals surface area (Å²) in [5.41, 5.74) is 1.35. The molecule has 1 amide bonds. The van der Waals surface area contributed by atoms with Gasteiger partial charge in [-0.3, -0.25) is 19.5 Å². The first kappa shape index (κ1) is 23.0. The van der Waals surface area contributed by atoms with Gasteiger partial charge in [0.15, 0.2) is 6.23 Å². The minimum Gasteiger partial charge on any atom is -0.480 e. The Labute approximate surface area is 190 Å². The average molecular weight is 446 g/mol. The quantitative estimate of drug-likeness (QED) is 0.626. The Morgan fingerprint density at radius 2 is 1.69 bits per heavy atom. The Bertz CT molecular complexity index is 771. The maximum Gasteiger partial charge on any atom is 0.411 e. The number of carboxylic acid groups (broad SMARTS) is 1. The lowest BCUT2D eigenvalue weighted by Crippen LogP contribution is -2.59. The van der Waals surface area contributed by atoms with Crippen molar-refractivity contribution < 1.29 is 19.4 Å². The van der Waals surface area contributed by atoms with Gasteiger partial charge in [0.2, 0.25) is 0 Å². The second kappa shape index (κ2) is 10.6. The van der Waals surface area contributed by atoms with Crippen molar-refractivity contribution in [2.75, 3.05) is 72.5 Å². The lowest BCUT2D eigenvalue weighted by Gasteiger charge is -2.44. The second-order valence-electron chi connectivity index (χ2n) is 9.13. The van der Waals surface area contributed by atoms with Gasteiger partial charge in [-0.05, 0) is 18.5 Å². The monoisotopic (exact) mass is 445 g/mol. The topological polar surface area (TPSA) is 79.8 Å². The fraction of sp³-hybridized carbons (Fsp3) is 0.652. The molecule has 2 atom stereocenters. The molecule has 0 bridgehead atoms. The normalized spacial score (nSPS) is 26.4. The van der Waals surface area contributed by atoms with Crippen LogP contribution in [0.5, 0.6) is 0 Å². The van der Waals surface area contributed by atoms with Crippen LogP contribution in [-0.2, 0) is 16.1 Å². The molecule has 0 aliphatic carbocycles. The van der Waals surface area contributed by atoms with Crippen LogP contribution in [-0.4, -0.2) is 126 Å². The van der Waals surface area contributed by atoms with Crippen LogP contribution in [0.25, 0.3) is 0 Å². The first-order valence-corrected chi connectivity index (χ1v) is 11.6. The minimum absolute atomic E-state index is 0.0624. The Kier molecular flexibility index (Phi) is 7.62. The zero-order valence-corrected chi connectivity index (χ0v) is 18.9. The van der Waals surface area contributed by atoms with Crippen LogP contribution >= 0.6 is 0 Å². The lowest BCUT2D eigenvalue weighted by molar-refractivity contribution is -0.139. The highest BCUT2D eigenvalue weighted by molar-refractivity contribution is 5.69. The molecule has 0 aromatic heterocycles. The van der Waals surface area contributed by atoms with Crippen molar-refractivity contribution in [2.24, 2.45) is 0 Å². The van der Waals surface area contributed by atoms with E-state index in [1.54, 1.807) is 11.9 Å². The number of rotatable bonds is 8. The van der Waals surface area contributed by atoms with Crippen molar-refractivity contribution in [3.8, 4) is 0 Å². The van der Waals surface area contributed by atoms with Gasteiger partial charge in [-0.25, -0.2) is 4.79 Å². The Hall–Kier alpha value is -2.20. The molecule has 32 heavy (non-hydrogen) atoms. The number of benzene rings is 1. The molecule has 1 N–H and O–H groups in total. The summed E-state index contributed by atoms with van der Waals surface area (Å²) in [6.45, 7) is 8.87. The van der Waals surface area contributed by atoms with Crippen LogP contribution in [0.2, 0.25) is 0 Å². The molecule has 3 aliphatic rings. The van der Waals surface area contributed by atoms with Crippen molar-refractivity contribution in [1.29, 1.82) is 0 Å². The summed E-state index contributed by atoms with van der Waals surface area (Å²) >= 11 is 0. The predicted molar refractivity (Wildman–Crippen MR) is 120 cm³/mol. The van der Waals surface area contributed by atoms with Crippen molar-refractivity contribution >= 4 is 12.1 Å². The number of hydrogen-bond acceptors (Lipinski definition) is 7. The summed E-state index contributed by atoms with van der Waals surface area (Å²) in [5, 5.41) is 9.22. The zero-order chi connectivity index (χ0) is 22.5. The first-order valence-electron chi connectivity index (χ1n) is 11.6. The number of piperazine rings is 2. The maximum atomic E-state index is 11.9. The van der Waals surface area contributed by atoms with Crippen LogP contribution < -0.4 is 0 Å². The molecule has 4 rings (SSSR count). The third-order valence-electron chi connectivity index (χ3n) is 6.81. The predicted octanol–water partition coefficient (Wildman–Crippen LogP) is 0.673. The van der Waals surface area contributed by atoms with Crippen molar-refractivity contribution in [1.82, 2.24) is 24.5 Å². The smallest absolute Gasteiger partial charge is 0.411 e. The SMILES string of the molecule is CN1CC(N2CCN(CC(=O)O)CC2CCN2CCN(Cc3ccccc3)CC2)OC1=O. The average Bonchev–Trinajstić information content (AvgIpc) is 3.12. The Morgan fingerprint density at radius 1 is 1.00 bits per heavy atom. The number of carboxylic acids is 1. The van der Waals surface area contributed by atoms with E-state index in [2.05, 4.69) is 45.0 Å². The van der Waals surface area contributed by atoms with E-state index < -0.39 is 5.97 Å². The van der Waals surface area contributed by atoms with Gasteiger partial charge in [0.05, 0.1) is 13.1 Å². The number of aliphatic carboxylic acids is 1. The van der Waals surface area contributed by atoms with E-state index in [1.165, 1.54) is 5.56 Å². The highest BCUT2D eigenvalue weighted by atomic mass is 16.6. The summed E-state index contributed by atoms with van der Waals surface area (Å²) in [5.74, 6) is -0.793. The molecule has 0 saturated carbocycles. The Morgan fingerprint density at radius 3 is 2.34 bits per heavy atom. The molecule has 0 radical (unpaired) electrons. The van der Waals surface area contributed by atoms with E-state index in [9.17, 15) is 14.7 Å². The van der Waals surface area contributed by atoms with Gasteiger partial charge < -0.3 is 19.6 Å². The second-order valence-corrected chi connectivity index (χ2v) is 9.13. The highest BCUT2D eigenvalue weighted by Gasteiger charge is 2.39. The standard InChI is InChI=1S/C23H35N5O4/c1-24-17-21(32-23(24)31)28-14-13-27(18-22(29)30)16-20(28)7-8-25-9-11-26(12-10-25)15-19-5-3-2-4-6-19/h2-6,20-21H,7-18H2,1H3,(H,29,30). The number of ether oxygens (including phenoxy) is 1. The number of amides is 1. The van der Waals surface area contributed by atoms with Gasteiger partial charge in [-0.2, -0.15) is 0 Å². The van der Waals surface area contributed by atoms with E-state index in [0.717, 1.165) is 45.7 Å². The molecule has 0 spiro atoms. The number of nitrogens with zero attached hydrogens (tertiary/aromatic N) is 5. The van der Waals surface area contributed by atoms with Crippen LogP contribution in [0.15, 0.2) is 30.3 Å². The van der Waals surface area contributed by atoms with Crippen LogP contribution in [0.3, 0.4) is 0 Å². The molecule has 3 aliphatic heterocycles. The number of likely N-dealkylation sites (N-methyl/N-ethyl adjacent to an activating group) is 1. The lowest BCUT2D eigenvalue weighted by atomic mass is 10.1. The fourth-order valence-corrected chi connectivity index (χ4v) is 4.97. The fourth-order valence-electron chi connectivity index (χ4n) is 4.97. The van der Waals surface area contributed by atoms with Gasteiger partial charge in [0, 0.05) is 65.4 Å². The van der Waals surface area contributed by atoms with E-state index in [4.69, 9.17) is 4.74 Å². The maximum absolute atomic E-state index is 11.9. The van der Waals surface area contributed by atoms with Crippen molar-refractivity contribution in [3.63, 3.8) is 0 Å². The third-order valence-corrected chi connectivity index (χ3v) is 6.81. The molecule has 9 heteroatoms. The van der Waals surface area contributed by atoms with Crippen LogP contribution in [0, 0.1) is 0 Å². The molecule has 3 fully saturated rings. The molecular formula is C23H35N5O4. The van der Waals surface area contributed by atoms with E-state index in [0.29, 0.717) is 26.2 Å². The molecule has 1 aromatic rings. The molecule has 9 nitrogen and oxygen atoms in total. The van der Waals surface area contributed by atoms with Gasteiger partial charge in [0.25, 0.3) is 0 Å². The first-order chi connectivity index (χ1) is 15.5. The molecule has 3 heterocycles. The van der Waals surface area contributed by atoms with E-state index >= 15 is 0 Å². The largest absolute Gasteiger partial charge is 0.480 e. The number of carbonyl (C=O) groups excluding carboxylic acids is 1. The molecule has 2 unspecified atom stereocenters. The zero-order valence-electron chi connectivity index (χ0n) is 18.9. The van der Waals surface area contributed by atoms with Gasteiger partial charge in [-0.15, -0.1) is 0 Å². The molecule has 1 aromatic carbocycles. The number of hydrogen-bond donors (Lipinski definition) is 1. The highest BCUT2D eigenvalue weighted by Crippen LogP contribution is 2.22. The summed E-state index contributed by atoms with van der Waals surface area (Å²) in [6.07, 6.45) is 0.412. The number of cyclic esters (lactones) is 1. The van der Waals surface area contributed by atoms with Crippen LogP contribution in [0.4, 0.5) is 4.79 Å². The summed E-state index contributed by atoms with van der Waals surface area (Å²) in [6, 6.07) is 10.8. The van der Waals surface area contributed by atoms with Gasteiger partial charge in [-0.1, -0.05) is 30.3 Å².